The van der Waals surface area contributed by atoms with Crippen molar-refractivity contribution in [3.05, 3.63) is 63.7 Å². The van der Waals surface area contributed by atoms with Gasteiger partial charge in [-0.3, -0.25) is 9.36 Å². The summed E-state index contributed by atoms with van der Waals surface area (Å²) in [6.45, 7) is 3.27. The van der Waals surface area contributed by atoms with Gasteiger partial charge >= 0.3 is 5.97 Å². The number of carbonyl (C=O) groups is 1. The smallest absolute Gasteiger partial charge is 0.335 e. The summed E-state index contributed by atoms with van der Waals surface area (Å²) in [6.07, 6.45) is 4.66. The highest BCUT2D eigenvalue weighted by molar-refractivity contribution is 5.93. The third kappa shape index (κ3) is 4.03. The molecule has 7 nitrogen and oxygen atoms in total. The van der Waals surface area contributed by atoms with Crippen molar-refractivity contribution in [1.82, 2.24) is 9.55 Å². The summed E-state index contributed by atoms with van der Waals surface area (Å²) >= 11 is 0. The molecule has 1 aromatic heterocycles. The first kappa shape index (κ1) is 20.7. The van der Waals surface area contributed by atoms with E-state index in [2.05, 4.69) is 11.9 Å². The van der Waals surface area contributed by atoms with E-state index in [0.29, 0.717) is 47.8 Å². The van der Waals surface area contributed by atoms with Crippen molar-refractivity contribution in [2.45, 2.75) is 32.7 Å². The molecule has 1 aliphatic rings. The van der Waals surface area contributed by atoms with Gasteiger partial charge in [-0.25, -0.2) is 9.78 Å². The van der Waals surface area contributed by atoms with E-state index in [1.54, 1.807) is 11.7 Å². The third-order valence-electron chi connectivity index (χ3n) is 5.38. The van der Waals surface area contributed by atoms with Crippen LogP contribution in [0.5, 0.6) is 11.5 Å². The van der Waals surface area contributed by atoms with Crippen LogP contribution in [0.1, 0.15) is 47.9 Å². The Labute approximate surface area is 179 Å². The molecule has 0 saturated carbocycles. The number of hydrogen-bond acceptors (Lipinski definition) is 5. The van der Waals surface area contributed by atoms with Crippen LogP contribution in [0.25, 0.3) is 22.6 Å². The number of nitrogens with zero attached hydrogens (tertiary/aromatic N) is 2. The molecule has 4 rings (SSSR count). The minimum absolute atomic E-state index is 0.108. The van der Waals surface area contributed by atoms with Crippen molar-refractivity contribution in [2.75, 3.05) is 13.7 Å². The summed E-state index contributed by atoms with van der Waals surface area (Å²) in [5.74, 6) is 0.878. The number of aromatic carboxylic acids is 1. The molecule has 0 spiro atoms. The van der Waals surface area contributed by atoms with Crippen LogP contribution in [0.15, 0.2) is 41.2 Å². The second kappa shape index (κ2) is 8.63. The number of fused-ring (bicyclic) bond motifs is 2. The number of carboxylic acids is 1. The monoisotopic (exact) mass is 420 g/mol. The quantitative estimate of drug-likeness (QED) is 0.576. The Kier molecular flexibility index (Phi) is 5.75. The maximum absolute atomic E-state index is 12.9. The lowest BCUT2D eigenvalue weighted by Crippen LogP contribution is -2.21. The largest absolute Gasteiger partial charge is 0.493 e. The second-order valence-electron chi connectivity index (χ2n) is 7.46. The number of methoxy groups -OCH3 is 1. The molecule has 0 amide bonds. The van der Waals surface area contributed by atoms with E-state index < -0.39 is 5.97 Å². The highest BCUT2D eigenvalue weighted by atomic mass is 16.5. The normalized spacial score (nSPS) is 14.1. The molecular weight excluding hydrogens is 396 g/mol. The van der Waals surface area contributed by atoms with Gasteiger partial charge in [0, 0.05) is 6.54 Å². The van der Waals surface area contributed by atoms with Crippen molar-refractivity contribution >= 4 is 28.5 Å². The van der Waals surface area contributed by atoms with E-state index in [1.807, 2.05) is 24.3 Å². The summed E-state index contributed by atoms with van der Waals surface area (Å²) < 4.78 is 12.9. The lowest BCUT2D eigenvalue weighted by atomic mass is 10.1. The second-order valence-corrected chi connectivity index (χ2v) is 7.46. The first-order valence-corrected chi connectivity index (χ1v) is 10.3. The third-order valence-corrected chi connectivity index (χ3v) is 5.38. The Hall–Kier alpha value is -3.61. The zero-order valence-electron chi connectivity index (χ0n) is 17.6. The highest BCUT2D eigenvalue weighted by Gasteiger charge is 2.21. The molecule has 0 atom stereocenters. The molecule has 2 heterocycles. The van der Waals surface area contributed by atoms with Gasteiger partial charge in [-0.2, -0.15) is 0 Å². The number of allylic oxidation sites excluding steroid dienone is 1. The van der Waals surface area contributed by atoms with Gasteiger partial charge in [-0.15, -0.1) is 0 Å². The van der Waals surface area contributed by atoms with Crippen molar-refractivity contribution in [3.8, 4) is 11.5 Å². The van der Waals surface area contributed by atoms with Crippen LogP contribution in [-0.4, -0.2) is 34.3 Å². The highest BCUT2D eigenvalue weighted by Crippen LogP contribution is 2.32. The minimum Gasteiger partial charge on any atom is -0.493 e. The number of rotatable bonds is 7. The number of unbranched alkanes of at least 4 members (excludes halogenated alkanes) is 1. The van der Waals surface area contributed by atoms with Crippen molar-refractivity contribution in [2.24, 2.45) is 0 Å². The molecule has 1 aliphatic heterocycles. The molecule has 0 unspecified atom stereocenters. The van der Waals surface area contributed by atoms with Crippen LogP contribution in [0.3, 0.4) is 0 Å². The van der Waals surface area contributed by atoms with Gasteiger partial charge in [0.05, 0.1) is 30.2 Å². The van der Waals surface area contributed by atoms with Gasteiger partial charge in [0.2, 0.25) is 0 Å². The topological polar surface area (TPSA) is 90.7 Å². The van der Waals surface area contributed by atoms with Crippen LogP contribution in [0.2, 0.25) is 0 Å². The molecule has 0 radical (unpaired) electrons. The van der Waals surface area contributed by atoms with Crippen LogP contribution in [-0.2, 0) is 6.54 Å². The molecule has 0 saturated heterocycles. The summed E-state index contributed by atoms with van der Waals surface area (Å²) in [6, 6.07) is 10.1. The Bertz CT molecular complexity index is 1240. The fourth-order valence-corrected chi connectivity index (χ4v) is 3.71. The molecule has 7 heteroatoms. The number of ether oxygens (including phenoxy) is 2. The molecule has 0 fully saturated rings. The molecule has 3 aromatic rings. The number of aromatic nitrogens is 2. The van der Waals surface area contributed by atoms with E-state index in [9.17, 15) is 14.7 Å². The Balaban J connectivity index is 1.74. The maximum Gasteiger partial charge on any atom is 0.335 e. The fraction of sp³-hybridized carbons (Fsp3) is 0.292. The maximum atomic E-state index is 12.9. The van der Waals surface area contributed by atoms with E-state index in [0.717, 1.165) is 24.0 Å². The summed E-state index contributed by atoms with van der Waals surface area (Å²) in [5.41, 5.74) is 2.19. The van der Waals surface area contributed by atoms with Gasteiger partial charge in [-0.1, -0.05) is 19.4 Å². The molecule has 2 aromatic carbocycles. The van der Waals surface area contributed by atoms with Crippen LogP contribution < -0.4 is 15.0 Å². The zero-order valence-corrected chi connectivity index (χ0v) is 17.6. The van der Waals surface area contributed by atoms with Gasteiger partial charge in [-0.05, 0) is 60.4 Å². The number of benzene rings is 2. The van der Waals surface area contributed by atoms with Gasteiger partial charge < -0.3 is 14.6 Å². The van der Waals surface area contributed by atoms with Crippen LogP contribution >= 0.6 is 0 Å². The molecular formula is C24H24N2O5. The summed E-state index contributed by atoms with van der Waals surface area (Å²) in [5, 5.41) is 9.68. The Morgan fingerprint density at radius 2 is 2.06 bits per heavy atom. The summed E-state index contributed by atoms with van der Waals surface area (Å²) in [7, 11) is 1.61. The van der Waals surface area contributed by atoms with Crippen molar-refractivity contribution in [1.29, 1.82) is 0 Å². The summed E-state index contributed by atoms with van der Waals surface area (Å²) in [4.78, 5) is 28.8. The predicted molar refractivity (Wildman–Crippen MR) is 119 cm³/mol. The van der Waals surface area contributed by atoms with Gasteiger partial charge in [0.25, 0.3) is 5.56 Å². The standard InChI is InChI=1S/C24H24N2O5/c1-3-4-11-31-21-13-15(5-8-20(21)30-2)12-16-9-10-26-22(16)25-19-14-17(24(28)29)6-7-18(19)23(26)27/h5-8,12-14H,3-4,9-11H2,1-2H3,(H,28,29)/b16-12-. The first-order valence-electron chi connectivity index (χ1n) is 10.3. The van der Waals surface area contributed by atoms with E-state index in [4.69, 9.17) is 9.47 Å². The minimum atomic E-state index is -1.05. The molecule has 0 aliphatic carbocycles. The Morgan fingerprint density at radius 1 is 1.23 bits per heavy atom. The van der Waals surface area contributed by atoms with Crippen molar-refractivity contribution in [3.63, 3.8) is 0 Å². The fourth-order valence-electron chi connectivity index (χ4n) is 3.71. The van der Waals surface area contributed by atoms with Crippen LogP contribution in [0, 0.1) is 0 Å². The number of carboxylic acid groups (broad SMARTS) is 1. The molecule has 0 bridgehead atoms. The predicted octanol–water partition coefficient (Wildman–Crippen LogP) is 4.23. The lowest BCUT2D eigenvalue weighted by Gasteiger charge is -2.11. The van der Waals surface area contributed by atoms with E-state index in [1.165, 1.54) is 18.2 Å². The van der Waals surface area contributed by atoms with E-state index >= 15 is 0 Å². The molecule has 1 N–H and O–H groups in total. The average Bonchev–Trinajstić information content (AvgIpc) is 3.16. The average molecular weight is 420 g/mol. The molecule has 31 heavy (non-hydrogen) atoms. The van der Waals surface area contributed by atoms with Crippen LogP contribution in [0.4, 0.5) is 0 Å². The molecule has 160 valence electrons. The van der Waals surface area contributed by atoms with Gasteiger partial charge in [0.15, 0.2) is 11.5 Å². The lowest BCUT2D eigenvalue weighted by molar-refractivity contribution is 0.0697. The first-order chi connectivity index (χ1) is 15.0. The van der Waals surface area contributed by atoms with Crippen molar-refractivity contribution < 1.29 is 19.4 Å². The zero-order chi connectivity index (χ0) is 22.0. The number of hydrogen-bond donors (Lipinski definition) is 1. The van der Waals surface area contributed by atoms with Gasteiger partial charge in [0.1, 0.15) is 5.82 Å². The Morgan fingerprint density at radius 3 is 2.81 bits per heavy atom. The van der Waals surface area contributed by atoms with E-state index in [-0.39, 0.29) is 11.1 Å². The SMILES string of the molecule is CCCCOc1cc(/C=C2/CCn3c2nc2cc(C(=O)O)ccc2c3=O)ccc1OC.